The highest BCUT2D eigenvalue weighted by Crippen LogP contribution is 2.30. The summed E-state index contributed by atoms with van der Waals surface area (Å²) in [6, 6.07) is 4.80. The zero-order valence-corrected chi connectivity index (χ0v) is 12.9. The maximum absolute atomic E-state index is 10.9. The van der Waals surface area contributed by atoms with Gasteiger partial charge in [0.05, 0.1) is 11.0 Å². The molecule has 0 radical (unpaired) electrons. The zero-order valence-electron chi connectivity index (χ0n) is 11.3. The normalized spacial score (nSPS) is 13.1. The van der Waals surface area contributed by atoms with Gasteiger partial charge < -0.3 is 10.4 Å². The van der Waals surface area contributed by atoms with Crippen LogP contribution < -0.4 is 5.32 Å². The number of halogens is 1. The maximum Gasteiger partial charge on any atom is 0.292 e. The third kappa shape index (κ3) is 5.16. The van der Waals surface area contributed by atoms with Crippen LogP contribution in [0, 0.1) is 15.5 Å². The molecule has 0 fully saturated rings. The molecule has 1 aromatic rings. The van der Waals surface area contributed by atoms with E-state index in [0.717, 1.165) is 4.47 Å². The molecule has 1 atom stereocenters. The van der Waals surface area contributed by atoms with E-state index in [9.17, 15) is 15.2 Å². The molecule has 0 saturated carbocycles. The van der Waals surface area contributed by atoms with Crippen LogP contribution in [0.25, 0.3) is 0 Å². The molecule has 0 spiro atoms. The summed E-state index contributed by atoms with van der Waals surface area (Å²) >= 11 is 3.30. The highest BCUT2D eigenvalue weighted by Gasteiger charge is 2.22. The van der Waals surface area contributed by atoms with Crippen molar-refractivity contribution in [2.24, 2.45) is 5.41 Å². The van der Waals surface area contributed by atoms with Crippen LogP contribution in [0.2, 0.25) is 0 Å². The first-order valence-electron chi connectivity index (χ1n) is 6.07. The summed E-state index contributed by atoms with van der Waals surface area (Å²) in [7, 11) is 0. The molecule has 5 nitrogen and oxygen atoms in total. The highest BCUT2D eigenvalue weighted by molar-refractivity contribution is 9.10. The number of hydrogen-bond acceptors (Lipinski definition) is 4. The Morgan fingerprint density at radius 1 is 1.53 bits per heavy atom. The molecule has 1 rings (SSSR count). The van der Waals surface area contributed by atoms with Gasteiger partial charge in [-0.2, -0.15) is 0 Å². The smallest absolute Gasteiger partial charge is 0.292 e. The molecule has 0 aliphatic carbocycles. The molecular formula is C13H19BrN2O3. The summed E-state index contributed by atoms with van der Waals surface area (Å²) in [6.07, 6.45) is 0.233. The number of nitrogens with zero attached hydrogens (tertiary/aromatic N) is 1. The molecule has 6 heteroatoms. The first kappa shape index (κ1) is 15.9. The van der Waals surface area contributed by atoms with Gasteiger partial charge in [0, 0.05) is 17.1 Å². The topological polar surface area (TPSA) is 75.4 Å². The van der Waals surface area contributed by atoms with Crippen molar-refractivity contribution in [2.75, 3.05) is 11.9 Å². The fourth-order valence-corrected chi connectivity index (χ4v) is 2.38. The summed E-state index contributed by atoms with van der Waals surface area (Å²) in [5.74, 6) is 0. The number of hydrogen-bond donors (Lipinski definition) is 2. The van der Waals surface area contributed by atoms with E-state index in [1.165, 1.54) is 6.07 Å². The van der Waals surface area contributed by atoms with E-state index in [1.54, 1.807) is 19.1 Å². The number of anilines is 1. The lowest BCUT2D eigenvalue weighted by Crippen LogP contribution is -2.27. The highest BCUT2D eigenvalue weighted by atomic mass is 79.9. The second-order valence-electron chi connectivity index (χ2n) is 5.49. The Hall–Kier alpha value is -1.14. The zero-order chi connectivity index (χ0) is 14.6. The molecule has 0 heterocycles. The van der Waals surface area contributed by atoms with Crippen LogP contribution >= 0.6 is 15.9 Å². The Balaban J connectivity index is 2.82. The van der Waals surface area contributed by atoms with Gasteiger partial charge in [-0.3, -0.25) is 10.1 Å². The van der Waals surface area contributed by atoms with Crippen molar-refractivity contribution in [3.63, 3.8) is 0 Å². The average molecular weight is 331 g/mol. The average Bonchev–Trinajstić information content (AvgIpc) is 2.24. The number of nitrogens with one attached hydrogen (secondary N) is 1. The minimum atomic E-state index is -0.406. The van der Waals surface area contributed by atoms with Crippen LogP contribution in [-0.2, 0) is 0 Å². The van der Waals surface area contributed by atoms with Gasteiger partial charge in [0.25, 0.3) is 5.69 Å². The van der Waals surface area contributed by atoms with Gasteiger partial charge in [-0.15, -0.1) is 0 Å². The number of aliphatic hydroxyl groups excluding tert-OH is 1. The summed E-state index contributed by atoms with van der Waals surface area (Å²) in [4.78, 5) is 10.5. The monoisotopic (exact) mass is 330 g/mol. The number of nitro groups is 1. The summed E-state index contributed by atoms with van der Waals surface area (Å²) in [5.41, 5.74) is 0.388. The number of aliphatic hydroxyl groups is 1. The quantitative estimate of drug-likeness (QED) is 0.617. The van der Waals surface area contributed by atoms with E-state index < -0.39 is 11.0 Å². The molecule has 0 saturated heterocycles. The van der Waals surface area contributed by atoms with E-state index in [4.69, 9.17) is 0 Å². The molecule has 0 aliphatic heterocycles. The van der Waals surface area contributed by atoms with E-state index in [2.05, 4.69) is 21.2 Å². The van der Waals surface area contributed by atoms with Crippen LogP contribution in [0.3, 0.4) is 0 Å². The predicted octanol–water partition coefficient (Wildman–Crippen LogP) is 3.57. The molecule has 0 aliphatic rings. The van der Waals surface area contributed by atoms with Crippen molar-refractivity contribution in [1.82, 2.24) is 0 Å². The Kier molecular flexibility index (Phi) is 5.31. The third-order valence-corrected chi connectivity index (χ3v) is 3.25. The van der Waals surface area contributed by atoms with Gasteiger partial charge in [-0.25, -0.2) is 0 Å². The van der Waals surface area contributed by atoms with E-state index in [1.807, 2.05) is 13.8 Å². The SMILES string of the molecule is CC(O)CC(C)(C)CNc1cc(Br)ccc1[N+](=O)[O-]. The molecule has 106 valence electrons. The second kappa shape index (κ2) is 6.34. The first-order chi connectivity index (χ1) is 8.71. The first-order valence-corrected chi connectivity index (χ1v) is 6.86. The summed E-state index contributed by atoms with van der Waals surface area (Å²) in [5, 5.41) is 23.5. The molecule has 0 aromatic heterocycles. The molecule has 0 amide bonds. The number of rotatable bonds is 6. The van der Waals surface area contributed by atoms with Gasteiger partial charge in [0.2, 0.25) is 0 Å². The standard InChI is InChI=1S/C13H19BrN2O3/c1-9(17)7-13(2,3)8-15-11-6-10(14)4-5-12(11)16(18)19/h4-6,9,15,17H,7-8H2,1-3H3. The lowest BCUT2D eigenvalue weighted by atomic mass is 9.87. The van der Waals surface area contributed by atoms with E-state index in [0.29, 0.717) is 18.7 Å². The summed E-state index contributed by atoms with van der Waals surface area (Å²) in [6.45, 7) is 6.31. The molecular weight excluding hydrogens is 312 g/mol. The van der Waals surface area contributed by atoms with Gasteiger partial charge in [0.1, 0.15) is 5.69 Å². The summed E-state index contributed by atoms with van der Waals surface area (Å²) < 4.78 is 0.786. The maximum atomic E-state index is 10.9. The van der Waals surface area contributed by atoms with E-state index >= 15 is 0 Å². The van der Waals surface area contributed by atoms with Crippen molar-refractivity contribution >= 4 is 27.3 Å². The Morgan fingerprint density at radius 2 is 2.16 bits per heavy atom. The van der Waals surface area contributed by atoms with Crippen LogP contribution in [-0.4, -0.2) is 22.7 Å². The van der Waals surface area contributed by atoms with Crippen molar-refractivity contribution in [3.8, 4) is 0 Å². The van der Waals surface area contributed by atoms with Crippen LogP contribution in [0.15, 0.2) is 22.7 Å². The Bertz CT molecular complexity index is 461. The van der Waals surface area contributed by atoms with Crippen molar-refractivity contribution in [2.45, 2.75) is 33.3 Å². The number of nitro benzene ring substituents is 1. The van der Waals surface area contributed by atoms with Gasteiger partial charge in [-0.05, 0) is 30.9 Å². The fraction of sp³-hybridized carbons (Fsp3) is 0.538. The van der Waals surface area contributed by atoms with Gasteiger partial charge >= 0.3 is 0 Å². The Morgan fingerprint density at radius 3 is 2.68 bits per heavy atom. The lowest BCUT2D eigenvalue weighted by molar-refractivity contribution is -0.384. The Labute approximate surface area is 121 Å². The van der Waals surface area contributed by atoms with Crippen molar-refractivity contribution in [1.29, 1.82) is 0 Å². The molecule has 0 bridgehead atoms. The number of benzene rings is 1. The molecule has 1 unspecified atom stereocenters. The third-order valence-electron chi connectivity index (χ3n) is 2.76. The molecule has 2 N–H and O–H groups in total. The minimum Gasteiger partial charge on any atom is -0.393 e. The van der Waals surface area contributed by atoms with Crippen LogP contribution in [0.4, 0.5) is 11.4 Å². The minimum absolute atomic E-state index is 0.0519. The van der Waals surface area contributed by atoms with Gasteiger partial charge in [0.15, 0.2) is 0 Å². The van der Waals surface area contributed by atoms with Gasteiger partial charge in [-0.1, -0.05) is 29.8 Å². The van der Waals surface area contributed by atoms with Crippen LogP contribution in [0.1, 0.15) is 27.2 Å². The van der Waals surface area contributed by atoms with Crippen molar-refractivity contribution < 1.29 is 10.0 Å². The second-order valence-corrected chi connectivity index (χ2v) is 6.41. The molecule has 1 aromatic carbocycles. The lowest BCUT2D eigenvalue weighted by Gasteiger charge is -2.26. The predicted molar refractivity (Wildman–Crippen MR) is 79.4 cm³/mol. The van der Waals surface area contributed by atoms with Crippen molar-refractivity contribution in [3.05, 3.63) is 32.8 Å². The fourth-order valence-electron chi connectivity index (χ4n) is 2.02. The van der Waals surface area contributed by atoms with Crippen LogP contribution in [0.5, 0.6) is 0 Å². The largest absolute Gasteiger partial charge is 0.393 e. The van der Waals surface area contributed by atoms with E-state index in [-0.39, 0.29) is 11.1 Å². The molecule has 19 heavy (non-hydrogen) atoms.